The van der Waals surface area contributed by atoms with E-state index in [4.69, 9.17) is 0 Å². The molecule has 7 nitrogen and oxygen atoms in total. The van der Waals surface area contributed by atoms with Gasteiger partial charge in [0.1, 0.15) is 6.04 Å². The summed E-state index contributed by atoms with van der Waals surface area (Å²) in [5.74, 6) is -1.16. The zero-order valence-corrected chi connectivity index (χ0v) is 23.7. The number of fused-ring (bicyclic) bond motifs is 1. The first kappa shape index (κ1) is 28.4. The number of hydrogen-bond acceptors (Lipinski definition) is 5. The van der Waals surface area contributed by atoms with Gasteiger partial charge in [-0.2, -0.15) is 0 Å². The third-order valence-corrected chi connectivity index (χ3v) is 10.3. The van der Waals surface area contributed by atoms with Crippen LogP contribution in [0.25, 0.3) is 0 Å². The van der Waals surface area contributed by atoms with E-state index in [2.05, 4.69) is 13.2 Å². The van der Waals surface area contributed by atoms with Gasteiger partial charge in [0.05, 0.1) is 16.6 Å². The molecule has 206 valence electrons. The molecular weight excluding hydrogens is 498 g/mol. The second-order valence-electron chi connectivity index (χ2n) is 10.9. The van der Waals surface area contributed by atoms with Crippen LogP contribution < -0.4 is 4.90 Å². The van der Waals surface area contributed by atoms with E-state index >= 15 is 0 Å². The van der Waals surface area contributed by atoms with E-state index in [9.17, 15) is 19.5 Å². The van der Waals surface area contributed by atoms with Crippen molar-refractivity contribution in [1.82, 2.24) is 9.80 Å². The fourth-order valence-corrected chi connectivity index (χ4v) is 8.86. The summed E-state index contributed by atoms with van der Waals surface area (Å²) in [6.45, 7) is 13.0. The Hall–Kier alpha value is -2.58. The number of hydrogen-bond donors (Lipinski definition) is 1. The van der Waals surface area contributed by atoms with Crippen LogP contribution in [0.15, 0.2) is 43.5 Å². The number of carbonyl (C=O) groups excluding carboxylic acids is 3. The summed E-state index contributed by atoms with van der Waals surface area (Å²) in [7, 11) is 1.76. The van der Waals surface area contributed by atoms with Crippen LogP contribution in [0.3, 0.4) is 0 Å². The second-order valence-corrected chi connectivity index (χ2v) is 12.5. The van der Waals surface area contributed by atoms with Gasteiger partial charge in [0.15, 0.2) is 0 Å². The van der Waals surface area contributed by atoms with E-state index in [1.807, 2.05) is 32.0 Å². The predicted octanol–water partition coefficient (Wildman–Crippen LogP) is 3.72. The van der Waals surface area contributed by atoms with Crippen LogP contribution >= 0.6 is 11.8 Å². The molecule has 3 fully saturated rings. The number of aryl methyl sites for hydroxylation is 2. The number of anilines is 1. The largest absolute Gasteiger partial charge is 0.396 e. The van der Waals surface area contributed by atoms with Crippen molar-refractivity contribution in [2.24, 2.45) is 11.8 Å². The van der Waals surface area contributed by atoms with Gasteiger partial charge in [-0.25, -0.2) is 0 Å². The number of rotatable bonds is 12. The first-order chi connectivity index (χ1) is 18.2. The lowest BCUT2D eigenvalue weighted by Gasteiger charge is -2.38. The Balaban J connectivity index is 1.75. The molecule has 3 aliphatic heterocycles. The Bertz CT molecular complexity index is 1110. The zero-order chi connectivity index (χ0) is 27.6. The molecule has 1 N–H and O–H groups in total. The molecule has 3 aliphatic rings. The average Bonchev–Trinajstić information content (AvgIpc) is 3.53. The Kier molecular flexibility index (Phi) is 8.72. The van der Waals surface area contributed by atoms with Crippen molar-refractivity contribution in [3.05, 3.63) is 54.6 Å². The minimum absolute atomic E-state index is 0.0316. The predicted molar refractivity (Wildman–Crippen MR) is 153 cm³/mol. The van der Waals surface area contributed by atoms with Crippen LogP contribution in [-0.4, -0.2) is 82.0 Å². The van der Waals surface area contributed by atoms with Gasteiger partial charge in [-0.3, -0.25) is 14.4 Å². The van der Waals surface area contributed by atoms with Gasteiger partial charge in [-0.1, -0.05) is 24.3 Å². The molecule has 1 aromatic rings. The third kappa shape index (κ3) is 4.81. The highest BCUT2D eigenvalue weighted by Gasteiger charge is 2.73. The lowest BCUT2D eigenvalue weighted by atomic mass is 9.70. The molecule has 2 unspecified atom stereocenters. The van der Waals surface area contributed by atoms with Gasteiger partial charge in [-0.15, -0.1) is 24.9 Å². The summed E-state index contributed by atoms with van der Waals surface area (Å²) < 4.78 is -0.623. The van der Waals surface area contributed by atoms with E-state index in [-0.39, 0.29) is 29.6 Å². The van der Waals surface area contributed by atoms with Gasteiger partial charge < -0.3 is 19.8 Å². The number of carbonyl (C=O) groups is 3. The Morgan fingerprint density at radius 2 is 1.89 bits per heavy atom. The topological polar surface area (TPSA) is 81.2 Å². The molecule has 2 bridgehead atoms. The minimum atomic E-state index is -0.647. The number of amides is 3. The fourth-order valence-electron chi connectivity index (χ4n) is 6.66. The molecule has 1 spiro atoms. The van der Waals surface area contributed by atoms with E-state index < -0.39 is 22.6 Å². The molecule has 3 saturated heterocycles. The molecule has 0 radical (unpaired) electrons. The summed E-state index contributed by atoms with van der Waals surface area (Å²) in [6.07, 6.45) is 7.12. The number of aliphatic hydroxyl groups excluding tert-OH is 1. The Morgan fingerprint density at radius 3 is 2.58 bits per heavy atom. The SMILES string of the molecule is C=CCN(C)C(=O)[C@@H]1[C@@H]2CCC3(S2)C(C(=O)N(CC=C)c2cc(C)ccc2C)N(CCCCCO)C(=O)[C@H]13. The molecule has 3 heterocycles. The summed E-state index contributed by atoms with van der Waals surface area (Å²) in [4.78, 5) is 47.6. The Morgan fingerprint density at radius 1 is 1.16 bits per heavy atom. The lowest BCUT2D eigenvalue weighted by molar-refractivity contribution is -0.143. The molecule has 4 rings (SSSR count). The number of likely N-dealkylation sites (tertiary alicyclic amines) is 1. The van der Waals surface area contributed by atoms with Crippen LogP contribution in [0.5, 0.6) is 0 Å². The van der Waals surface area contributed by atoms with Crippen molar-refractivity contribution in [3.8, 4) is 0 Å². The molecule has 5 atom stereocenters. The smallest absolute Gasteiger partial charge is 0.251 e. The van der Waals surface area contributed by atoms with Gasteiger partial charge in [0, 0.05) is 44.2 Å². The standard InChI is InChI=1S/C30H41N3O4S/c1-6-15-31(5)27(35)24-23-13-14-30(38-23)25(24)28(36)33(17-9-8-10-18-34)26(30)29(37)32(16-7-2)22-19-20(3)11-12-21(22)4/h6-7,11-12,19,23-26,34H,1-2,8-10,13-18H2,3-5H3/t23-,24+,25-,26?,30?/m0/s1. The molecule has 0 aromatic heterocycles. The highest BCUT2D eigenvalue weighted by molar-refractivity contribution is 8.02. The average molecular weight is 540 g/mol. The van der Waals surface area contributed by atoms with Crippen molar-refractivity contribution in [3.63, 3.8) is 0 Å². The van der Waals surface area contributed by atoms with Gasteiger partial charge in [-0.05, 0) is 63.1 Å². The number of unbranched alkanes of at least 4 members (excludes halogenated alkanes) is 2. The summed E-state index contributed by atoms with van der Waals surface area (Å²) in [5.41, 5.74) is 2.87. The van der Waals surface area contributed by atoms with Gasteiger partial charge >= 0.3 is 0 Å². The monoisotopic (exact) mass is 539 g/mol. The van der Waals surface area contributed by atoms with E-state index in [0.717, 1.165) is 36.1 Å². The summed E-state index contributed by atoms with van der Waals surface area (Å²) in [6, 6.07) is 5.42. The molecule has 1 aromatic carbocycles. The number of benzene rings is 1. The first-order valence-corrected chi connectivity index (χ1v) is 14.5. The normalized spacial score (nSPS) is 27.4. The minimum Gasteiger partial charge on any atom is -0.396 e. The van der Waals surface area contributed by atoms with Crippen LogP contribution in [0.4, 0.5) is 5.69 Å². The van der Waals surface area contributed by atoms with Crippen molar-refractivity contribution < 1.29 is 19.5 Å². The third-order valence-electron chi connectivity index (χ3n) is 8.39. The van der Waals surface area contributed by atoms with E-state index in [0.29, 0.717) is 32.5 Å². The number of nitrogens with zero attached hydrogens (tertiary/aromatic N) is 3. The van der Waals surface area contributed by atoms with Crippen LogP contribution in [-0.2, 0) is 14.4 Å². The fraction of sp³-hybridized carbons (Fsp3) is 0.567. The van der Waals surface area contributed by atoms with Crippen molar-refractivity contribution in [1.29, 1.82) is 0 Å². The quantitative estimate of drug-likeness (QED) is 0.324. The number of likely N-dealkylation sites (N-methyl/N-ethyl adjacent to an activating group) is 1. The second kappa shape index (κ2) is 11.7. The molecule has 0 saturated carbocycles. The maximum atomic E-state index is 14.6. The molecule has 38 heavy (non-hydrogen) atoms. The van der Waals surface area contributed by atoms with Crippen LogP contribution in [0.1, 0.15) is 43.2 Å². The Labute approximate surface area is 230 Å². The van der Waals surface area contributed by atoms with Crippen molar-refractivity contribution in [2.45, 2.75) is 62.0 Å². The number of aliphatic hydroxyl groups is 1. The maximum Gasteiger partial charge on any atom is 0.251 e. The molecular formula is C30H41N3O4S. The summed E-state index contributed by atoms with van der Waals surface area (Å²) >= 11 is 1.70. The summed E-state index contributed by atoms with van der Waals surface area (Å²) in [5, 5.41) is 9.29. The molecule has 0 aliphatic carbocycles. The highest BCUT2D eigenvalue weighted by Crippen LogP contribution is 2.66. The maximum absolute atomic E-state index is 14.6. The van der Waals surface area contributed by atoms with E-state index in [1.54, 1.807) is 45.7 Å². The van der Waals surface area contributed by atoms with Gasteiger partial charge in [0.25, 0.3) is 5.91 Å². The zero-order valence-electron chi connectivity index (χ0n) is 22.9. The lowest BCUT2D eigenvalue weighted by Crippen LogP contribution is -2.55. The first-order valence-electron chi connectivity index (χ1n) is 13.7. The van der Waals surface area contributed by atoms with E-state index in [1.165, 1.54) is 0 Å². The van der Waals surface area contributed by atoms with Crippen LogP contribution in [0.2, 0.25) is 0 Å². The van der Waals surface area contributed by atoms with Gasteiger partial charge in [0.2, 0.25) is 11.8 Å². The molecule has 3 amide bonds. The van der Waals surface area contributed by atoms with Crippen molar-refractivity contribution in [2.75, 3.05) is 38.2 Å². The van der Waals surface area contributed by atoms with Crippen molar-refractivity contribution >= 4 is 35.2 Å². The molecule has 8 heteroatoms. The highest BCUT2D eigenvalue weighted by atomic mass is 32.2. The number of thioether (sulfide) groups is 1. The van der Waals surface area contributed by atoms with Crippen LogP contribution in [0, 0.1) is 25.7 Å².